The Morgan fingerprint density at radius 3 is 2.30 bits per heavy atom. The highest BCUT2D eigenvalue weighted by atomic mass is 16.5. The van der Waals surface area contributed by atoms with Gasteiger partial charge in [-0.05, 0) is 60.2 Å². The topological polar surface area (TPSA) is 115 Å². The number of rotatable bonds is 7. The molecule has 0 aromatic heterocycles. The molecule has 0 aliphatic heterocycles. The van der Waals surface area contributed by atoms with Gasteiger partial charge in [0.25, 0.3) is 0 Å². The van der Waals surface area contributed by atoms with Crippen LogP contribution < -0.4 is 25.0 Å². The van der Waals surface area contributed by atoms with E-state index in [2.05, 4.69) is 15.8 Å². The van der Waals surface area contributed by atoms with Crippen molar-refractivity contribution < 1.29 is 28.6 Å². The lowest BCUT2D eigenvalue weighted by Crippen LogP contribution is -2.32. The molecule has 33 heavy (non-hydrogen) atoms. The highest BCUT2D eigenvalue weighted by molar-refractivity contribution is 6.39. The first-order valence-corrected chi connectivity index (χ1v) is 9.74. The zero-order chi connectivity index (χ0) is 23.6. The Kier molecular flexibility index (Phi) is 7.74. The molecule has 0 radical (unpaired) electrons. The van der Waals surface area contributed by atoms with E-state index in [4.69, 9.17) is 14.2 Å². The molecule has 9 nitrogen and oxygen atoms in total. The number of hydrazone groups is 1. The van der Waals surface area contributed by atoms with Gasteiger partial charge in [0.1, 0.15) is 17.2 Å². The Hall–Kier alpha value is -4.66. The maximum absolute atomic E-state index is 12.3. The fourth-order valence-corrected chi connectivity index (χ4v) is 2.68. The lowest BCUT2D eigenvalue weighted by atomic mass is 10.2. The van der Waals surface area contributed by atoms with E-state index in [0.29, 0.717) is 34.1 Å². The summed E-state index contributed by atoms with van der Waals surface area (Å²) in [5.41, 5.74) is 3.48. The van der Waals surface area contributed by atoms with Crippen LogP contribution in [0.5, 0.6) is 17.2 Å². The van der Waals surface area contributed by atoms with Gasteiger partial charge >= 0.3 is 17.8 Å². The summed E-state index contributed by atoms with van der Waals surface area (Å²) < 4.78 is 15.6. The molecule has 0 fully saturated rings. The van der Waals surface area contributed by atoms with E-state index < -0.39 is 17.8 Å². The minimum atomic E-state index is -0.944. The number of esters is 1. The highest BCUT2D eigenvalue weighted by Gasteiger charge is 2.15. The Labute approximate surface area is 190 Å². The van der Waals surface area contributed by atoms with Crippen LogP contribution in [0.3, 0.4) is 0 Å². The summed E-state index contributed by atoms with van der Waals surface area (Å²) in [6, 6.07) is 19.8. The van der Waals surface area contributed by atoms with Gasteiger partial charge in [0.2, 0.25) is 0 Å². The summed E-state index contributed by atoms with van der Waals surface area (Å²) in [6.07, 6.45) is 1.35. The van der Waals surface area contributed by atoms with Crippen molar-refractivity contribution in [2.75, 3.05) is 19.5 Å². The number of nitrogens with zero attached hydrogens (tertiary/aromatic N) is 1. The molecule has 0 atom stereocenters. The minimum absolute atomic E-state index is 0.334. The summed E-state index contributed by atoms with van der Waals surface area (Å²) >= 11 is 0. The maximum Gasteiger partial charge on any atom is 0.343 e. The number of benzene rings is 3. The van der Waals surface area contributed by atoms with E-state index in [0.717, 1.165) is 0 Å². The molecule has 168 valence electrons. The van der Waals surface area contributed by atoms with Crippen molar-refractivity contribution in [3.63, 3.8) is 0 Å². The number of ether oxygens (including phenoxy) is 3. The van der Waals surface area contributed by atoms with Gasteiger partial charge in [0.15, 0.2) is 0 Å². The van der Waals surface area contributed by atoms with Crippen LogP contribution in [0, 0.1) is 0 Å². The Morgan fingerprint density at radius 1 is 0.818 bits per heavy atom. The first-order chi connectivity index (χ1) is 16.0. The van der Waals surface area contributed by atoms with Crippen molar-refractivity contribution in [1.29, 1.82) is 0 Å². The minimum Gasteiger partial charge on any atom is -0.497 e. The number of nitrogens with one attached hydrogen (secondary N) is 2. The van der Waals surface area contributed by atoms with Crippen molar-refractivity contribution >= 4 is 29.7 Å². The first-order valence-electron chi connectivity index (χ1n) is 9.74. The van der Waals surface area contributed by atoms with Gasteiger partial charge in [-0.3, -0.25) is 9.59 Å². The Morgan fingerprint density at radius 2 is 1.58 bits per heavy atom. The second kappa shape index (κ2) is 11.1. The van der Waals surface area contributed by atoms with Crippen LogP contribution >= 0.6 is 0 Å². The lowest BCUT2D eigenvalue weighted by Gasteiger charge is -2.08. The molecule has 0 aliphatic rings. The van der Waals surface area contributed by atoms with Gasteiger partial charge < -0.3 is 19.5 Å². The summed E-state index contributed by atoms with van der Waals surface area (Å²) in [6.45, 7) is 0. The number of carbonyl (C=O) groups is 3. The molecule has 3 aromatic carbocycles. The normalized spacial score (nSPS) is 10.4. The number of anilines is 1. The smallest absolute Gasteiger partial charge is 0.343 e. The molecule has 3 rings (SSSR count). The van der Waals surface area contributed by atoms with Crippen LogP contribution in [0.25, 0.3) is 0 Å². The highest BCUT2D eigenvalue weighted by Crippen LogP contribution is 2.22. The van der Waals surface area contributed by atoms with Crippen molar-refractivity contribution in [3.8, 4) is 17.2 Å². The third-order valence-electron chi connectivity index (χ3n) is 4.34. The van der Waals surface area contributed by atoms with Crippen LogP contribution in [0.4, 0.5) is 5.69 Å². The monoisotopic (exact) mass is 447 g/mol. The van der Waals surface area contributed by atoms with E-state index in [9.17, 15) is 14.4 Å². The lowest BCUT2D eigenvalue weighted by molar-refractivity contribution is -0.136. The largest absolute Gasteiger partial charge is 0.497 e. The third kappa shape index (κ3) is 6.41. The number of hydrogen-bond donors (Lipinski definition) is 2. The number of para-hydroxylation sites is 2. The predicted octanol–water partition coefficient (Wildman–Crippen LogP) is 3.01. The maximum atomic E-state index is 12.3. The Bertz CT molecular complexity index is 1170. The van der Waals surface area contributed by atoms with E-state index in [1.165, 1.54) is 20.4 Å². The fourth-order valence-electron chi connectivity index (χ4n) is 2.68. The number of carbonyl (C=O) groups excluding carboxylic acids is 3. The fraction of sp³-hybridized carbons (Fsp3) is 0.0833. The van der Waals surface area contributed by atoms with Gasteiger partial charge in [0.05, 0.1) is 31.7 Å². The zero-order valence-electron chi connectivity index (χ0n) is 17.9. The second-order valence-electron chi connectivity index (χ2n) is 6.54. The number of amides is 2. The van der Waals surface area contributed by atoms with E-state index in [-0.39, 0.29) is 0 Å². The molecule has 0 heterocycles. The third-order valence-corrected chi connectivity index (χ3v) is 4.34. The van der Waals surface area contributed by atoms with Gasteiger partial charge in [-0.1, -0.05) is 18.2 Å². The molecule has 2 amide bonds. The van der Waals surface area contributed by atoms with Gasteiger partial charge in [-0.15, -0.1) is 0 Å². The van der Waals surface area contributed by atoms with Crippen molar-refractivity contribution in [2.45, 2.75) is 0 Å². The number of methoxy groups -OCH3 is 2. The molecule has 0 saturated heterocycles. The molecule has 2 N–H and O–H groups in total. The van der Waals surface area contributed by atoms with E-state index >= 15 is 0 Å². The SMILES string of the molecule is COc1cccc(C(=O)Oc2ccc(C=NNC(=O)C(=O)Nc3ccccc3OC)cc2)c1. The summed E-state index contributed by atoms with van der Waals surface area (Å²) in [7, 11) is 2.97. The van der Waals surface area contributed by atoms with Gasteiger partial charge in [-0.2, -0.15) is 5.10 Å². The van der Waals surface area contributed by atoms with E-state index in [1.54, 1.807) is 72.8 Å². The van der Waals surface area contributed by atoms with Gasteiger partial charge in [-0.25, -0.2) is 10.2 Å². The summed E-state index contributed by atoms with van der Waals surface area (Å²) in [5, 5.41) is 6.22. The van der Waals surface area contributed by atoms with Crippen molar-refractivity contribution in [1.82, 2.24) is 5.43 Å². The molecule has 0 unspecified atom stereocenters. The molecule has 3 aromatic rings. The predicted molar refractivity (Wildman–Crippen MR) is 122 cm³/mol. The average Bonchev–Trinajstić information content (AvgIpc) is 2.85. The van der Waals surface area contributed by atoms with Crippen LogP contribution in [-0.2, 0) is 9.59 Å². The molecular weight excluding hydrogens is 426 g/mol. The quantitative estimate of drug-likeness (QED) is 0.189. The van der Waals surface area contributed by atoms with Crippen LogP contribution in [0.15, 0.2) is 77.9 Å². The molecule has 0 aliphatic carbocycles. The average molecular weight is 447 g/mol. The number of hydrogen-bond acceptors (Lipinski definition) is 7. The molecule has 0 bridgehead atoms. The second-order valence-corrected chi connectivity index (χ2v) is 6.54. The van der Waals surface area contributed by atoms with Crippen LogP contribution in [0.1, 0.15) is 15.9 Å². The van der Waals surface area contributed by atoms with Crippen LogP contribution in [-0.4, -0.2) is 38.2 Å². The summed E-state index contributed by atoms with van der Waals surface area (Å²) in [5.74, 6) is -1.05. The molecule has 9 heteroatoms. The molecular formula is C24H21N3O6. The summed E-state index contributed by atoms with van der Waals surface area (Å²) in [4.78, 5) is 36.2. The van der Waals surface area contributed by atoms with Crippen LogP contribution in [0.2, 0.25) is 0 Å². The van der Waals surface area contributed by atoms with Crippen molar-refractivity contribution in [3.05, 3.63) is 83.9 Å². The zero-order valence-corrected chi connectivity index (χ0v) is 17.9. The standard InChI is InChI=1S/C24H21N3O6/c1-31-19-7-5-6-17(14-19)24(30)33-18-12-10-16(11-13-18)15-25-27-23(29)22(28)26-20-8-3-4-9-21(20)32-2/h3-15H,1-2H3,(H,26,28)(H,27,29). The van der Waals surface area contributed by atoms with Gasteiger partial charge in [0, 0.05) is 0 Å². The van der Waals surface area contributed by atoms with E-state index in [1.807, 2.05) is 0 Å². The molecule has 0 spiro atoms. The first kappa shape index (κ1) is 23.0. The van der Waals surface area contributed by atoms with Crippen molar-refractivity contribution in [2.24, 2.45) is 5.10 Å². The Balaban J connectivity index is 1.52. The molecule has 0 saturated carbocycles.